The second-order valence-electron chi connectivity index (χ2n) is 32.2. The van der Waals surface area contributed by atoms with Crippen LogP contribution in [0, 0.1) is 0 Å². The predicted octanol–water partition coefficient (Wildman–Crippen LogP) is 29.2. The first-order valence-corrected chi connectivity index (χ1v) is 42.0. The molecule has 0 saturated heterocycles. The van der Waals surface area contributed by atoms with Gasteiger partial charge in [0.15, 0.2) is 23.3 Å². The molecule has 0 bridgehead atoms. The van der Waals surface area contributed by atoms with Gasteiger partial charge in [0, 0.05) is 123 Å². The van der Waals surface area contributed by atoms with E-state index in [-0.39, 0.29) is 10.8 Å². The van der Waals surface area contributed by atoms with Crippen LogP contribution >= 0.6 is 22.7 Å². The topological polar surface area (TPSA) is 74.3 Å². The van der Waals surface area contributed by atoms with E-state index in [9.17, 15) is 0 Å². The lowest BCUT2D eigenvalue weighted by molar-refractivity contribution is 0.661. The molecule has 0 spiro atoms. The number of fused-ring (bicyclic) bond motifs is 18. The van der Waals surface area contributed by atoms with Gasteiger partial charge in [0.2, 0.25) is 0 Å². The van der Waals surface area contributed by atoms with Crippen LogP contribution in [0.1, 0.15) is 49.9 Å². The van der Waals surface area contributed by atoms with Gasteiger partial charge in [0.05, 0.1) is 33.5 Å². The number of rotatable bonds is 10. The average Bonchev–Trinajstić information content (AvgIpc) is 1.55. The number of thiophene rings is 2. The summed E-state index contributed by atoms with van der Waals surface area (Å²) in [6, 6.07) is 134. The lowest BCUT2D eigenvalue weighted by atomic mass is 9.82. The van der Waals surface area contributed by atoms with Gasteiger partial charge in [-0.1, -0.05) is 319 Å². The van der Waals surface area contributed by atoms with Crippen LogP contribution in [0.2, 0.25) is 0 Å². The van der Waals surface area contributed by atoms with E-state index in [1.807, 2.05) is 83.3 Å². The van der Waals surface area contributed by atoms with Crippen molar-refractivity contribution in [1.82, 2.24) is 34.1 Å². The van der Waals surface area contributed by atoms with Crippen LogP contribution in [-0.4, -0.2) is 34.1 Å². The Labute approximate surface area is 690 Å². The Morgan fingerprint density at radius 2 is 0.585 bits per heavy atom. The molecule has 16 aromatic carbocycles. The highest BCUT2D eigenvalue weighted by atomic mass is 32.1. The summed E-state index contributed by atoms with van der Waals surface area (Å²) < 4.78 is 9.99. The Morgan fingerprint density at radius 1 is 0.212 bits per heavy atom. The number of para-hydroxylation sites is 1. The molecule has 0 atom stereocenters. The van der Waals surface area contributed by atoms with Gasteiger partial charge in [-0.15, -0.1) is 22.7 Å². The van der Waals surface area contributed by atoms with Crippen molar-refractivity contribution < 1.29 is 0 Å². The van der Waals surface area contributed by atoms with Crippen molar-refractivity contribution in [2.24, 2.45) is 0 Å². The zero-order chi connectivity index (χ0) is 78.5. The van der Waals surface area contributed by atoms with Crippen LogP contribution in [-0.2, 0) is 10.8 Å². The van der Waals surface area contributed by atoms with Gasteiger partial charge in [-0.2, -0.15) is 0 Å². The van der Waals surface area contributed by atoms with Gasteiger partial charge in [-0.05, 0) is 140 Å². The molecule has 22 aromatic rings. The van der Waals surface area contributed by atoms with Crippen molar-refractivity contribution in [3.63, 3.8) is 0 Å². The van der Waals surface area contributed by atoms with E-state index < -0.39 is 0 Å². The van der Waals surface area contributed by atoms with Gasteiger partial charge in [-0.3, -0.25) is 0 Å². The summed E-state index contributed by atoms with van der Waals surface area (Å²) in [4.78, 5) is 25.7. The first-order chi connectivity index (χ1) is 58.0. The highest BCUT2D eigenvalue weighted by Gasteiger charge is 2.38. The lowest BCUT2D eigenvalue weighted by Crippen LogP contribution is -2.15. The number of hydrogen-bond acceptors (Lipinski definition) is 7. The molecule has 9 heteroatoms. The second kappa shape index (κ2) is 27.2. The van der Waals surface area contributed by atoms with Crippen molar-refractivity contribution in [3.8, 4) is 124 Å². The molecule has 2 aliphatic carbocycles. The van der Waals surface area contributed by atoms with E-state index in [4.69, 9.17) is 24.9 Å². The Kier molecular flexibility index (Phi) is 15.9. The van der Waals surface area contributed by atoms with Crippen molar-refractivity contribution >= 4 is 107 Å². The third-order valence-electron chi connectivity index (χ3n) is 24.7. The van der Waals surface area contributed by atoms with E-state index in [1.54, 1.807) is 0 Å². The fourth-order valence-corrected chi connectivity index (χ4v) is 21.2. The maximum absolute atomic E-state index is 5.40. The molecule has 0 fully saturated rings. The largest absolute Gasteiger partial charge is 0.309 e. The molecule has 6 aromatic heterocycles. The highest BCUT2D eigenvalue weighted by molar-refractivity contribution is 7.26. The lowest BCUT2D eigenvalue weighted by Gasteiger charge is -2.21. The molecule has 0 saturated carbocycles. The van der Waals surface area contributed by atoms with Crippen molar-refractivity contribution in [2.45, 2.75) is 38.5 Å². The molecular formula is C109H73N7S2. The number of benzene rings is 16. The van der Waals surface area contributed by atoms with Crippen LogP contribution < -0.4 is 0 Å². The average molecular weight is 1540 g/mol. The second-order valence-corrected chi connectivity index (χ2v) is 34.3. The smallest absolute Gasteiger partial charge is 0.164 e. The Bertz CT molecular complexity index is 7720. The van der Waals surface area contributed by atoms with Crippen LogP contribution in [0.3, 0.4) is 0 Å². The highest BCUT2D eigenvalue weighted by Crippen LogP contribution is 2.55. The molecule has 6 heterocycles. The predicted molar refractivity (Wildman–Crippen MR) is 495 cm³/mol. The normalized spacial score (nSPS) is 13.1. The monoisotopic (exact) mass is 1540 g/mol. The van der Waals surface area contributed by atoms with Crippen LogP contribution in [0.5, 0.6) is 0 Å². The summed E-state index contributed by atoms with van der Waals surface area (Å²) in [5.41, 5.74) is 30.1. The standard InChI is InChI=1S/C55H37N3S.C54H36N4S/c1-55(2)46-24-14-12-22-39(46)42-31-43-40-27-26-37(34-16-6-3-7-17-34)28-50(40)58(51(43)32-47(42)55)38-29-44-41-23-13-15-25-52(41)59-53(44)45(30-38)54-56-48(35-18-8-4-9-19-35)33-49(57-54)36-20-10-5-11-21-36;1-54(2)45-22-12-9-19-38(45)42-31-43-39-20-10-13-23-47(39)58(48(43)32-46(42)54)37-29-41(50-44(30-37)40-21-11-14-24-49(40)59-50)33-25-27-36(28-26-33)53-56-51(34-15-5-3-6-16-34)55-52(57-53)35-17-7-4-8-18-35/h3-33H,1-2H3;3-32H,1-2H3. The summed E-state index contributed by atoms with van der Waals surface area (Å²) in [6.45, 7) is 9.47. The molecule has 0 unspecified atom stereocenters. The van der Waals surface area contributed by atoms with Crippen molar-refractivity contribution in [3.05, 3.63) is 392 Å². The van der Waals surface area contributed by atoms with Gasteiger partial charge in [-0.25, -0.2) is 24.9 Å². The quantitative estimate of drug-likeness (QED) is 0.136. The first-order valence-electron chi connectivity index (χ1n) is 40.3. The van der Waals surface area contributed by atoms with Gasteiger partial charge < -0.3 is 9.13 Å². The molecule has 7 nitrogen and oxygen atoms in total. The zero-order valence-electron chi connectivity index (χ0n) is 65.2. The molecule has 118 heavy (non-hydrogen) atoms. The Hall–Kier alpha value is -14.4. The van der Waals surface area contributed by atoms with Gasteiger partial charge >= 0.3 is 0 Å². The zero-order valence-corrected chi connectivity index (χ0v) is 66.8. The molecule has 24 rings (SSSR count). The summed E-state index contributed by atoms with van der Waals surface area (Å²) in [5, 5.41) is 9.99. The maximum atomic E-state index is 5.40. The summed E-state index contributed by atoms with van der Waals surface area (Å²) in [6.07, 6.45) is 0. The molecule has 0 amide bonds. The van der Waals surface area contributed by atoms with E-state index in [0.29, 0.717) is 23.3 Å². The van der Waals surface area contributed by atoms with Gasteiger partial charge in [0.25, 0.3) is 0 Å². The summed E-state index contributed by atoms with van der Waals surface area (Å²) >= 11 is 3.68. The first kappa shape index (κ1) is 69.2. The number of hydrogen-bond donors (Lipinski definition) is 0. The van der Waals surface area contributed by atoms with Crippen molar-refractivity contribution in [1.29, 1.82) is 0 Å². The van der Waals surface area contributed by atoms with Crippen molar-refractivity contribution in [2.75, 3.05) is 0 Å². The van der Waals surface area contributed by atoms with E-state index in [1.165, 1.54) is 145 Å². The third kappa shape index (κ3) is 11.2. The molecule has 2 aliphatic rings. The van der Waals surface area contributed by atoms with E-state index in [2.05, 4.69) is 346 Å². The minimum Gasteiger partial charge on any atom is -0.309 e. The third-order valence-corrected chi connectivity index (χ3v) is 27.1. The summed E-state index contributed by atoms with van der Waals surface area (Å²) in [5.74, 6) is 2.67. The molecule has 0 aliphatic heterocycles. The Balaban J connectivity index is 0.000000138. The SMILES string of the molecule is CC1(C)c2ccccc2-c2cc3c4ccc(-c5ccccc5)cc4n(-c4cc(-c5nc(-c6ccccc6)cc(-c6ccccc6)n5)c5sc6ccccc6c5c4)c3cc21.CC1(C)c2ccccc2-c2cc3c4ccccc4n(-c4cc(-c5ccc(-c6nc(-c7ccccc7)nc(-c7ccccc7)n6)cc5)c5sc6ccccc6c5c4)c3cc21. The number of nitrogens with zero attached hydrogens (tertiary/aromatic N) is 7. The minimum absolute atomic E-state index is 0.107. The van der Waals surface area contributed by atoms with Crippen LogP contribution in [0.25, 0.3) is 208 Å². The molecule has 0 N–H and O–H groups in total. The Morgan fingerprint density at radius 3 is 1.09 bits per heavy atom. The minimum atomic E-state index is -0.144. The van der Waals surface area contributed by atoms with Crippen LogP contribution in [0.4, 0.5) is 0 Å². The fraction of sp³-hybridized carbons (Fsp3) is 0.0550. The molecule has 556 valence electrons. The number of aromatic nitrogens is 7. The van der Waals surface area contributed by atoms with Gasteiger partial charge in [0.1, 0.15) is 0 Å². The fourth-order valence-electron chi connectivity index (χ4n) is 18.8. The van der Waals surface area contributed by atoms with Crippen LogP contribution in [0.15, 0.2) is 370 Å². The molecular weight excluding hydrogens is 1470 g/mol. The molecule has 0 radical (unpaired) electrons. The van der Waals surface area contributed by atoms with E-state index in [0.717, 1.165) is 61.7 Å². The maximum Gasteiger partial charge on any atom is 0.164 e. The van der Waals surface area contributed by atoms with E-state index >= 15 is 0 Å². The summed E-state index contributed by atoms with van der Waals surface area (Å²) in [7, 11) is 0.